The van der Waals surface area contributed by atoms with E-state index in [0.29, 0.717) is 5.92 Å². The normalized spacial score (nSPS) is 14.0. The van der Waals surface area contributed by atoms with Gasteiger partial charge in [-0.3, -0.25) is 0 Å². The van der Waals surface area contributed by atoms with Gasteiger partial charge in [0.05, 0.1) is 0 Å². The number of hydrogen-bond acceptors (Lipinski definition) is 1. The largest absolute Gasteiger partial charge is 0.310 e. The maximum atomic E-state index is 7.77. The first kappa shape index (κ1) is 14.4. The van der Waals surface area contributed by atoms with E-state index in [1.54, 1.807) is 0 Å². The summed E-state index contributed by atoms with van der Waals surface area (Å²) >= 11 is 0. The molecule has 0 aliphatic heterocycles. The Morgan fingerprint density at radius 3 is 2.33 bits per heavy atom. The van der Waals surface area contributed by atoms with Crippen LogP contribution in [-0.2, 0) is 0 Å². The Morgan fingerprint density at radius 2 is 1.87 bits per heavy atom. The van der Waals surface area contributed by atoms with Crippen molar-refractivity contribution in [2.45, 2.75) is 66.2 Å². The maximum Gasteiger partial charge on any atom is 0.00922 e. The van der Waals surface area contributed by atoms with Crippen LogP contribution in [0.15, 0.2) is 11.6 Å². The van der Waals surface area contributed by atoms with Crippen LogP contribution in [0.1, 0.15) is 66.2 Å². The van der Waals surface area contributed by atoms with Crippen LogP contribution in [0, 0.1) is 11.3 Å². The topological polar surface area (TPSA) is 23.9 Å². The lowest BCUT2D eigenvalue weighted by Gasteiger charge is -2.15. The Balaban J connectivity index is 3.89. The third-order valence-electron chi connectivity index (χ3n) is 3.08. The van der Waals surface area contributed by atoms with Gasteiger partial charge in [-0.1, -0.05) is 44.3 Å². The average Bonchev–Trinajstić information content (AvgIpc) is 2.21. The highest BCUT2D eigenvalue weighted by molar-refractivity contribution is 5.81. The fourth-order valence-electron chi connectivity index (χ4n) is 1.80. The van der Waals surface area contributed by atoms with Crippen molar-refractivity contribution in [1.29, 1.82) is 5.41 Å². The van der Waals surface area contributed by atoms with E-state index in [1.165, 1.54) is 37.7 Å². The minimum absolute atomic E-state index is 0.484. The fourth-order valence-corrected chi connectivity index (χ4v) is 1.80. The average molecular weight is 209 g/mol. The standard InChI is InChI=1S/C14H27N/c1-5-7-8-9-10-14(13(4)15)11-12(3)6-2/h6,14-15H,5,7-11H2,1-4H3/b12-6+,15-13?/t14-/m1/s1. The molecule has 15 heavy (non-hydrogen) atoms. The van der Waals surface area contributed by atoms with Crippen molar-refractivity contribution >= 4 is 5.71 Å². The second kappa shape index (κ2) is 8.70. The van der Waals surface area contributed by atoms with E-state index >= 15 is 0 Å². The van der Waals surface area contributed by atoms with Crippen LogP contribution >= 0.6 is 0 Å². The van der Waals surface area contributed by atoms with Gasteiger partial charge in [0.25, 0.3) is 0 Å². The molecule has 0 rings (SSSR count). The molecule has 0 unspecified atom stereocenters. The summed E-state index contributed by atoms with van der Waals surface area (Å²) in [5.41, 5.74) is 2.27. The number of nitrogens with one attached hydrogen (secondary N) is 1. The summed E-state index contributed by atoms with van der Waals surface area (Å²) in [6, 6.07) is 0. The Kier molecular flexibility index (Phi) is 8.35. The highest BCUT2D eigenvalue weighted by Crippen LogP contribution is 2.19. The fraction of sp³-hybridized carbons (Fsp3) is 0.786. The van der Waals surface area contributed by atoms with Gasteiger partial charge >= 0.3 is 0 Å². The lowest BCUT2D eigenvalue weighted by molar-refractivity contribution is 0.545. The molecular formula is C14H27N. The van der Waals surface area contributed by atoms with Gasteiger partial charge in [0, 0.05) is 5.71 Å². The molecule has 0 fully saturated rings. The first-order chi connectivity index (χ1) is 7.11. The number of unbranched alkanes of at least 4 members (excludes halogenated alkanes) is 3. The highest BCUT2D eigenvalue weighted by atomic mass is 14.4. The molecule has 1 heteroatoms. The number of hydrogen-bond donors (Lipinski definition) is 1. The summed E-state index contributed by atoms with van der Waals surface area (Å²) in [7, 11) is 0. The molecule has 0 aromatic carbocycles. The molecule has 0 heterocycles. The van der Waals surface area contributed by atoms with Gasteiger partial charge < -0.3 is 5.41 Å². The van der Waals surface area contributed by atoms with E-state index in [-0.39, 0.29) is 0 Å². The zero-order valence-electron chi connectivity index (χ0n) is 10.9. The molecule has 0 aliphatic carbocycles. The predicted molar refractivity (Wildman–Crippen MR) is 69.7 cm³/mol. The summed E-state index contributed by atoms with van der Waals surface area (Å²) in [6.07, 6.45) is 9.69. The van der Waals surface area contributed by atoms with Crippen LogP contribution in [0.3, 0.4) is 0 Å². The third-order valence-corrected chi connectivity index (χ3v) is 3.08. The summed E-state index contributed by atoms with van der Waals surface area (Å²) in [5.74, 6) is 0.484. The predicted octanol–water partition coefficient (Wildman–Crippen LogP) is 4.97. The first-order valence-electron chi connectivity index (χ1n) is 6.28. The first-order valence-corrected chi connectivity index (χ1v) is 6.28. The number of allylic oxidation sites excluding steroid dienone is 2. The quantitative estimate of drug-likeness (QED) is 0.331. The summed E-state index contributed by atoms with van der Waals surface area (Å²) < 4.78 is 0. The van der Waals surface area contributed by atoms with E-state index in [9.17, 15) is 0 Å². The Bertz CT molecular complexity index is 203. The smallest absolute Gasteiger partial charge is 0.00922 e. The molecule has 0 bridgehead atoms. The van der Waals surface area contributed by atoms with Crippen molar-refractivity contribution in [3.63, 3.8) is 0 Å². The van der Waals surface area contributed by atoms with Gasteiger partial charge in [-0.25, -0.2) is 0 Å². The third kappa shape index (κ3) is 7.35. The molecule has 0 aromatic rings. The lowest BCUT2D eigenvalue weighted by Crippen LogP contribution is -2.10. The van der Waals surface area contributed by atoms with E-state index in [4.69, 9.17) is 5.41 Å². The Labute approximate surface area is 95.5 Å². The molecule has 0 radical (unpaired) electrons. The molecule has 0 aliphatic rings. The molecule has 1 N–H and O–H groups in total. The van der Waals surface area contributed by atoms with Gasteiger partial charge in [0.1, 0.15) is 0 Å². The molecule has 0 saturated carbocycles. The maximum absolute atomic E-state index is 7.77. The van der Waals surface area contributed by atoms with Gasteiger partial charge in [-0.2, -0.15) is 0 Å². The molecule has 0 spiro atoms. The minimum Gasteiger partial charge on any atom is -0.310 e. The van der Waals surface area contributed by atoms with Gasteiger partial charge in [0.15, 0.2) is 0 Å². The molecular weight excluding hydrogens is 182 g/mol. The van der Waals surface area contributed by atoms with Crippen LogP contribution < -0.4 is 0 Å². The van der Waals surface area contributed by atoms with Crippen LogP contribution in [0.5, 0.6) is 0 Å². The van der Waals surface area contributed by atoms with E-state index < -0.39 is 0 Å². The highest BCUT2D eigenvalue weighted by Gasteiger charge is 2.10. The lowest BCUT2D eigenvalue weighted by atomic mass is 9.90. The second-order valence-electron chi connectivity index (χ2n) is 4.57. The van der Waals surface area contributed by atoms with Crippen molar-refractivity contribution in [1.82, 2.24) is 0 Å². The van der Waals surface area contributed by atoms with Crippen LogP contribution in [-0.4, -0.2) is 5.71 Å². The van der Waals surface area contributed by atoms with Crippen LogP contribution in [0.2, 0.25) is 0 Å². The van der Waals surface area contributed by atoms with Crippen molar-refractivity contribution in [2.24, 2.45) is 5.92 Å². The van der Waals surface area contributed by atoms with E-state index in [1.807, 2.05) is 6.92 Å². The molecule has 0 saturated heterocycles. The SMILES string of the molecule is C/C=C(\C)C[C@@H](CCCCCC)C(C)=N. The van der Waals surface area contributed by atoms with E-state index in [0.717, 1.165) is 12.1 Å². The van der Waals surface area contributed by atoms with Crippen molar-refractivity contribution in [3.8, 4) is 0 Å². The molecule has 88 valence electrons. The number of rotatable bonds is 8. The van der Waals surface area contributed by atoms with Gasteiger partial charge in [-0.15, -0.1) is 0 Å². The van der Waals surface area contributed by atoms with Gasteiger partial charge in [0.2, 0.25) is 0 Å². The molecule has 0 amide bonds. The van der Waals surface area contributed by atoms with Crippen LogP contribution in [0.4, 0.5) is 0 Å². The monoisotopic (exact) mass is 209 g/mol. The van der Waals surface area contributed by atoms with E-state index in [2.05, 4.69) is 26.8 Å². The van der Waals surface area contributed by atoms with Crippen molar-refractivity contribution in [2.75, 3.05) is 0 Å². The van der Waals surface area contributed by atoms with Crippen molar-refractivity contribution < 1.29 is 0 Å². The Morgan fingerprint density at radius 1 is 1.20 bits per heavy atom. The van der Waals surface area contributed by atoms with Crippen LogP contribution in [0.25, 0.3) is 0 Å². The molecule has 1 nitrogen and oxygen atoms in total. The zero-order valence-corrected chi connectivity index (χ0v) is 10.9. The molecule has 0 aromatic heterocycles. The summed E-state index contributed by atoms with van der Waals surface area (Å²) in [5, 5.41) is 7.77. The Hall–Kier alpha value is -0.590. The second-order valence-corrected chi connectivity index (χ2v) is 4.57. The summed E-state index contributed by atoms with van der Waals surface area (Å²) in [6.45, 7) is 8.45. The van der Waals surface area contributed by atoms with Crippen molar-refractivity contribution in [3.05, 3.63) is 11.6 Å². The summed E-state index contributed by atoms with van der Waals surface area (Å²) in [4.78, 5) is 0. The van der Waals surface area contributed by atoms with Gasteiger partial charge in [-0.05, 0) is 39.5 Å². The molecule has 1 atom stereocenters. The zero-order chi connectivity index (χ0) is 11.7. The minimum atomic E-state index is 0.484.